The summed E-state index contributed by atoms with van der Waals surface area (Å²) in [4.78, 5) is 13.0. The Bertz CT molecular complexity index is 1380. The molecular formula is C24H27N3O6S2. The van der Waals surface area contributed by atoms with Crippen molar-refractivity contribution in [3.05, 3.63) is 78.9 Å². The maximum Gasteiger partial charge on any atom is 0.264 e. The molecular weight excluding hydrogens is 490 g/mol. The average Bonchev–Trinajstić information content (AvgIpc) is 2.82. The second-order valence-corrected chi connectivity index (χ2v) is 11.4. The lowest BCUT2D eigenvalue weighted by Crippen LogP contribution is -2.38. The summed E-state index contributed by atoms with van der Waals surface area (Å²) in [6.07, 6.45) is 0. The van der Waals surface area contributed by atoms with Gasteiger partial charge in [-0.25, -0.2) is 21.6 Å². The van der Waals surface area contributed by atoms with Gasteiger partial charge in [-0.05, 0) is 56.3 Å². The molecule has 0 aliphatic carbocycles. The van der Waals surface area contributed by atoms with Crippen LogP contribution in [0.15, 0.2) is 88.7 Å². The predicted octanol–water partition coefficient (Wildman–Crippen LogP) is 3.22. The molecule has 0 saturated carbocycles. The average molecular weight is 518 g/mol. The summed E-state index contributed by atoms with van der Waals surface area (Å²) in [7, 11) is -6.52. The molecule has 0 aromatic heterocycles. The molecule has 0 aliphatic rings. The van der Waals surface area contributed by atoms with Crippen LogP contribution in [0, 0.1) is 0 Å². The van der Waals surface area contributed by atoms with E-state index in [0.717, 1.165) is 4.31 Å². The van der Waals surface area contributed by atoms with E-state index < -0.39 is 32.5 Å². The second-order valence-electron chi connectivity index (χ2n) is 7.85. The molecule has 0 spiro atoms. The lowest BCUT2D eigenvalue weighted by Gasteiger charge is -2.24. The van der Waals surface area contributed by atoms with Gasteiger partial charge in [-0.1, -0.05) is 36.4 Å². The highest BCUT2D eigenvalue weighted by molar-refractivity contribution is 7.92. The molecule has 35 heavy (non-hydrogen) atoms. The Labute approximate surface area is 205 Å². The van der Waals surface area contributed by atoms with Crippen molar-refractivity contribution in [2.75, 3.05) is 23.3 Å². The van der Waals surface area contributed by atoms with E-state index in [2.05, 4.69) is 10.0 Å². The van der Waals surface area contributed by atoms with Crippen molar-refractivity contribution in [3.63, 3.8) is 0 Å². The quantitative estimate of drug-likeness (QED) is 0.426. The zero-order valence-corrected chi connectivity index (χ0v) is 21.1. The zero-order chi connectivity index (χ0) is 25.6. The molecule has 0 unspecified atom stereocenters. The van der Waals surface area contributed by atoms with Gasteiger partial charge in [-0.3, -0.25) is 9.10 Å². The van der Waals surface area contributed by atoms with Crippen molar-refractivity contribution in [2.45, 2.75) is 29.7 Å². The van der Waals surface area contributed by atoms with Crippen LogP contribution in [-0.4, -0.2) is 42.4 Å². The van der Waals surface area contributed by atoms with Crippen LogP contribution in [0.3, 0.4) is 0 Å². The van der Waals surface area contributed by atoms with Gasteiger partial charge in [0, 0.05) is 6.04 Å². The van der Waals surface area contributed by atoms with E-state index in [9.17, 15) is 21.6 Å². The lowest BCUT2D eigenvalue weighted by atomic mass is 10.3. The molecule has 0 bridgehead atoms. The van der Waals surface area contributed by atoms with Crippen LogP contribution >= 0.6 is 0 Å². The number of hydrogen-bond donors (Lipinski definition) is 2. The van der Waals surface area contributed by atoms with Crippen LogP contribution in [0.25, 0.3) is 0 Å². The normalized spacial score (nSPS) is 11.8. The van der Waals surface area contributed by atoms with E-state index in [1.807, 2.05) is 0 Å². The molecule has 0 radical (unpaired) electrons. The second kappa shape index (κ2) is 10.9. The molecule has 1 amide bonds. The highest BCUT2D eigenvalue weighted by Gasteiger charge is 2.27. The number of rotatable bonds is 10. The van der Waals surface area contributed by atoms with Crippen LogP contribution < -0.4 is 19.1 Å². The third kappa shape index (κ3) is 6.38. The number of carbonyl (C=O) groups is 1. The van der Waals surface area contributed by atoms with Gasteiger partial charge in [0.2, 0.25) is 15.9 Å². The Kier molecular flexibility index (Phi) is 8.15. The van der Waals surface area contributed by atoms with Gasteiger partial charge in [0.1, 0.15) is 12.3 Å². The monoisotopic (exact) mass is 517 g/mol. The topological polar surface area (TPSA) is 122 Å². The van der Waals surface area contributed by atoms with Crippen LogP contribution in [0.2, 0.25) is 0 Å². The Balaban J connectivity index is 1.94. The number of hydrogen-bond acceptors (Lipinski definition) is 6. The van der Waals surface area contributed by atoms with Crippen molar-refractivity contribution in [1.82, 2.24) is 4.72 Å². The van der Waals surface area contributed by atoms with Crippen molar-refractivity contribution >= 4 is 37.3 Å². The van der Waals surface area contributed by atoms with Gasteiger partial charge in [0.15, 0.2) is 0 Å². The maximum atomic E-state index is 13.4. The summed E-state index contributed by atoms with van der Waals surface area (Å²) >= 11 is 0. The van der Waals surface area contributed by atoms with E-state index >= 15 is 0 Å². The number of amides is 1. The molecule has 0 heterocycles. The number of methoxy groups -OCH3 is 1. The first-order valence-corrected chi connectivity index (χ1v) is 13.6. The molecule has 186 valence electrons. The molecule has 3 aromatic rings. The molecule has 11 heteroatoms. The molecule has 3 rings (SSSR count). The Morgan fingerprint density at radius 1 is 0.886 bits per heavy atom. The fourth-order valence-electron chi connectivity index (χ4n) is 3.28. The largest absolute Gasteiger partial charge is 0.495 e. The van der Waals surface area contributed by atoms with Gasteiger partial charge in [0.25, 0.3) is 10.0 Å². The molecule has 3 aromatic carbocycles. The molecule has 0 atom stereocenters. The SMILES string of the molecule is COc1ccc(S(=O)(=O)NC(C)C)cc1NC(=O)CN(c1ccccc1)S(=O)(=O)c1ccccc1. The maximum absolute atomic E-state index is 13.4. The lowest BCUT2D eigenvalue weighted by molar-refractivity contribution is -0.114. The molecule has 0 fully saturated rings. The first-order valence-electron chi connectivity index (χ1n) is 10.7. The Morgan fingerprint density at radius 3 is 2.06 bits per heavy atom. The fourth-order valence-corrected chi connectivity index (χ4v) is 6.00. The van der Waals surface area contributed by atoms with Gasteiger partial charge >= 0.3 is 0 Å². The fraction of sp³-hybridized carbons (Fsp3) is 0.208. The van der Waals surface area contributed by atoms with Crippen LogP contribution in [0.1, 0.15) is 13.8 Å². The van der Waals surface area contributed by atoms with E-state index in [0.29, 0.717) is 5.69 Å². The number of nitrogens with zero attached hydrogens (tertiary/aromatic N) is 1. The summed E-state index contributed by atoms with van der Waals surface area (Å²) in [6.45, 7) is 2.83. The molecule has 2 N–H and O–H groups in total. The van der Waals surface area contributed by atoms with Crippen molar-refractivity contribution in [2.24, 2.45) is 0 Å². The van der Waals surface area contributed by atoms with Gasteiger partial charge in [-0.15, -0.1) is 0 Å². The highest BCUT2D eigenvalue weighted by atomic mass is 32.2. The van der Waals surface area contributed by atoms with Gasteiger partial charge in [-0.2, -0.15) is 0 Å². The number of ether oxygens (including phenoxy) is 1. The summed E-state index contributed by atoms with van der Waals surface area (Å²) in [5, 5.41) is 2.59. The summed E-state index contributed by atoms with van der Waals surface area (Å²) in [5.74, 6) is -0.461. The zero-order valence-electron chi connectivity index (χ0n) is 19.5. The predicted molar refractivity (Wildman–Crippen MR) is 134 cm³/mol. The number of sulfonamides is 2. The van der Waals surface area contributed by atoms with Crippen LogP contribution in [-0.2, 0) is 24.8 Å². The first-order chi connectivity index (χ1) is 16.5. The number of nitrogens with one attached hydrogen (secondary N) is 2. The van der Waals surface area contributed by atoms with Crippen molar-refractivity contribution in [3.8, 4) is 5.75 Å². The smallest absolute Gasteiger partial charge is 0.264 e. The Morgan fingerprint density at radius 2 is 1.49 bits per heavy atom. The van der Waals surface area contributed by atoms with Crippen LogP contribution in [0.5, 0.6) is 5.75 Å². The molecule has 0 aliphatic heterocycles. The number of para-hydroxylation sites is 1. The van der Waals surface area contributed by atoms with E-state index in [1.54, 1.807) is 62.4 Å². The summed E-state index contributed by atoms with van der Waals surface area (Å²) < 4.78 is 60.6. The third-order valence-corrected chi connectivity index (χ3v) is 8.25. The van der Waals surface area contributed by atoms with E-state index in [1.165, 1.54) is 37.4 Å². The standard InChI is InChI=1S/C24H27N3O6S2/c1-18(2)26-34(29,30)21-14-15-23(33-3)22(16-21)25-24(28)17-27(19-10-6-4-7-11-19)35(31,32)20-12-8-5-9-13-20/h4-16,18,26H,17H2,1-3H3,(H,25,28). The van der Waals surface area contributed by atoms with Crippen molar-refractivity contribution in [1.29, 1.82) is 0 Å². The molecule has 9 nitrogen and oxygen atoms in total. The number of carbonyl (C=O) groups excluding carboxylic acids is 1. The van der Waals surface area contributed by atoms with Crippen molar-refractivity contribution < 1.29 is 26.4 Å². The van der Waals surface area contributed by atoms with E-state index in [-0.39, 0.29) is 27.3 Å². The minimum atomic E-state index is -4.07. The Hall–Kier alpha value is -3.41. The summed E-state index contributed by atoms with van der Waals surface area (Å²) in [6, 6.07) is 19.7. The number of benzene rings is 3. The molecule has 0 saturated heterocycles. The minimum absolute atomic E-state index is 0.0297. The number of anilines is 2. The van der Waals surface area contributed by atoms with Gasteiger partial charge < -0.3 is 10.1 Å². The first kappa shape index (κ1) is 26.2. The third-order valence-electron chi connectivity index (χ3n) is 4.81. The van der Waals surface area contributed by atoms with Crippen LogP contribution in [0.4, 0.5) is 11.4 Å². The highest BCUT2D eigenvalue weighted by Crippen LogP contribution is 2.28. The summed E-state index contributed by atoms with van der Waals surface area (Å²) in [5.41, 5.74) is 0.394. The van der Waals surface area contributed by atoms with Gasteiger partial charge in [0.05, 0.1) is 28.3 Å². The minimum Gasteiger partial charge on any atom is -0.495 e. The van der Waals surface area contributed by atoms with E-state index in [4.69, 9.17) is 4.74 Å².